The van der Waals surface area contributed by atoms with E-state index >= 15 is 0 Å². The standard InChI is InChI=1S/C18H21N3O3/c1-3-15-9-16(24-19-15)11-21-13(2)18(23)20(12-17(21)22)10-14-7-5-4-6-8-14/h4-9,13H,3,10-12H2,1-2H3/t13-/m0/s1. The Kier molecular flexibility index (Phi) is 4.64. The third-order valence-corrected chi connectivity index (χ3v) is 4.30. The molecule has 1 fully saturated rings. The van der Waals surface area contributed by atoms with Crippen LogP contribution in [0, 0.1) is 0 Å². The Bertz CT molecular complexity index is 726. The van der Waals surface area contributed by atoms with Gasteiger partial charge in [-0.05, 0) is 18.9 Å². The van der Waals surface area contributed by atoms with Gasteiger partial charge >= 0.3 is 0 Å². The molecule has 0 aliphatic carbocycles. The fraction of sp³-hybridized carbons (Fsp3) is 0.389. The Morgan fingerprint density at radius 1 is 1.21 bits per heavy atom. The van der Waals surface area contributed by atoms with E-state index in [-0.39, 0.29) is 24.9 Å². The van der Waals surface area contributed by atoms with E-state index in [0.717, 1.165) is 17.7 Å². The van der Waals surface area contributed by atoms with Gasteiger partial charge in [0.25, 0.3) is 0 Å². The molecule has 1 aromatic heterocycles. The van der Waals surface area contributed by atoms with E-state index in [0.29, 0.717) is 12.3 Å². The van der Waals surface area contributed by atoms with Crippen molar-refractivity contribution >= 4 is 11.8 Å². The molecule has 2 heterocycles. The van der Waals surface area contributed by atoms with Crippen LogP contribution in [0.4, 0.5) is 0 Å². The number of carbonyl (C=O) groups is 2. The molecule has 3 rings (SSSR count). The normalized spacial score (nSPS) is 18.3. The molecule has 0 N–H and O–H groups in total. The van der Waals surface area contributed by atoms with Crippen molar-refractivity contribution in [2.45, 2.75) is 39.4 Å². The first-order valence-electron chi connectivity index (χ1n) is 8.15. The van der Waals surface area contributed by atoms with Crippen molar-refractivity contribution < 1.29 is 14.1 Å². The van der Waals surface area contributed by atoms with E-state index in [1.54, 1.807) is 16.7 Å². The van der Waals surface area contributed by atoms with Gasteiger partial charge in [0.2, 0.25) is 11.8 Å². The number of hydrogen-bond acceptors (Lipinski definition) is 4. The molecule has 126 valence electrons. The van der Waals surface area contributed by atoms with Crippen LogP contribution >= 0.6 is 0 Å². The highest BCUT2D eigenvalue weighted by Gasteiger charge is 2.36. The summed E-state index contributed by atoms with van der Waals surface area (Å²) in [5.41, 5.74) is 1.86. The fourth-order valence-electron chi connectivity index (χ4n) is 2.87. The minimum absolute atomic E-state index is 0.0475. The lowest BCUT2D eigenvalue weighted by Gasteiger charge is -2.38. The van der Waals surface area contributed by atoms with Crippen molar-refractivity contribution in [2.75, 3.05) is 6.54 Å². The molecule has 0 unspecified atom stereocenters. The summed E-state index contributed by atoms with van der Waals surface area (Å²) in [6, 6.07) is 11.0. The predicted molar refractivity (Wildman–Crippen MR) is 87.8 cm³/mol. The second-order valence-electron chi connectivity index (χ2n) is 6.02. The molecule has 2 aromatic rings. The van der Waals surface area contributed by atoms with Crippen molar-refractivity contribution in [3.05, 3.63) is 53.4 Å². The number of aromatic nitrogens is 1. The largest absolute Gasteiger partial charge is 0.359 e. The van der Waals surface area contributed by atoms with Crippen LogP contribution in [-0.2, 0) is 29.1 Å². The number of aryl methyl sites for hydroxylation is 1. The molecular weight excluding hydrogens is 306 g/mol. The van der Waals surface area contributed by atoms with Crippen LogP contribution in [-0.4, -0.2) is 39.4 Å². The molecule has 1 aliphatic rings. The quantitative estimate of drug-likeness (QED) is 0.842. The molecule has 6 nitrogen and oxygen atoms in total. The van der Waals surface area contributed by atoms with Gasteiger partial charge in [0.1, 0.15) is 12.6 Å². The maximum atomic E-state index is 12.6. The number of piperazine rings is 1. The van der Waals surface area contributed by atoms with Crippen molar-refractivity contribution in [1.82, 2.24) is 15.0 Å². The molecule has 1 aromatic carbocycles. The fourth-order valence-corrected chi connectivity index (χ4v) is 2.87. The zero-order valence-electron chi connectivity index (χ0n) is 13.9. The first-order valence-corrected chi connectivity index (χ1v) is 8.15. The average molecular weight is 327 g/mol. The van der Waals surface area contributed by atoms with E-state index in [2.05, 4.69) is 5.16 Å². The van der Waals surface area contributed by atoms with Crippen molar-refractivity contribution in [1.29, 1.82) is 0 Å². The van der Waals surface area contributed by atoms with Gasteiger partial charge in [-0.15, -0.1) is 0 Å². The third-order valence-electron chi connectivity index (χ3n) is 4.30. The molecular formula is C18H21N3O3. The summed E-state index contributed by atoms with van der Waals surface area (Å²) in [6.07, 6.45) is 0.775. The third kappa shape index (κ3) is 3.32. The van der Waals surface area contributed by atoms with Gasteiger partial charge in [-0.3, -0.25) is 9.59 Å². The van der Waals surface area contributed by atoms with Crippen LogP contribution in [0.5, 0.6) is 0 Å². The van der Waals surface area contributed by atoms with Gasteiger partial charge in [-0.2, -0.15) is 0 Å². The Morgan fingerprint density at radius 3 is 2.62 bits per heavy atom. The number of nitrogens with zero attached hydrogens (tertiary/aromatic N) is 3. The SMILES string of the molecule is CCc1cc(CN2C(=O)CN(Cc3ccccc3)C(=O)[C@@H]2C)on1. The lowest BCUT2D eigenvalue weighted by molar-refractivity contribution is -0.156. The van der Waals surface area contributed by atoms with Gasteiger partial charge in [-0.25, -0.2) is 0 Å². The van der Waals surface area contributed by atoms with E-state index in [1.807, 2.05) is 43.3 Å². The second-order valence-corrected chi connectivity index (χ2v) is 6.02. The number of carbonyl (C=O) groups excluding carboxylic acids is 2. The molecule has 6 heteroatoms. The van der Waals surface area contributed by atoms with Crippen LogP contribution in [0.25, 0.3) is 0 Å². The van der Waals surface area contributed by atoms with E-state index in [1.165, 1.54) is 0 Å². The lowest BCUT2D eigenvalue weighted by atomic mass is 10.1. The van der Waals surface area contributed by atoms with Crippen LogP contribution in [0.15, 0.2) is 40.9 Å². The summed E-state index contributed by atoms with van der Waals surface area (Å²) >= 11 is 0. The highest BCUT2D eigenvalue weighted by atomic mass is 16.5. The zero-order valence-corrected chi connectivity index (χ0v) is 13.9. The first-order chi connectivity index (χ1) is 11.6. The van der Waals surface area contributed by atoms with Gasteiger partial charge in [-0.1, -0.05) is 42.4 Å². The van der Waals surface area contributed by atoms with Gasteiger partial charge in [0.05, 0.1) is 12.2 Å². The molecule has 2 amide bonds. The van der Waals surface area contributed by atoms with E-state index < -0.39 is 6.04 Å². The van der Waals surface area contributed by atoms with E-state index in [4.69, 9.17) is 4.52 Å². The topological polar surface area (TPSA) is 66.7 Å². The summed E-state index contributed by atoms with van der Waals surface area (Å²) in [7, 11) is 0. The number of hydrogen-bond donors (Lipinski definition) is 0. The summed E-state index contributed by atoms with van der Waals surface area (Å²) in [5.74, 6) is 0.484. The molecule has 0 saturated carbocycles. The predicted octanol–water partition coefficient (Wildman–Crippen LogP) is 2.00. The average Bonchev–Trinajstić information content (AvgIpc) is 3.05. The molecule has 0 spiro atoms. The summed E-state index contributed by atoms with van der Waals surface area (Å²) in [4.78, 5) is 28.3. The molecule has 1 atom stereocenters. The second kappa shape index (κ2) is 6.86. The Hall–Kier alpha value is -2.63. The summed E-state index contributed by atoms with van der Waals surface area (Å²) < 4.78 is 5.24. The highest BCUT2D eigenvalue weighted by molar-refractivity contribution is 5.94. The molecule has 24 heavy (non-hydrogen) atoms. The molecule has 0 bridgehead atoms. The minimum Gasteiger partial charge on any atom is -0.359 e. The maximum Gasteiger partial charge on any atom is 0.245 e. The van der Waals surface area contributed by atoms with Crippen molar-refractivity contribution in [3.63, 3.8) is 0 Å². The van der Waals surface area contributed by atoms with Crippen LogP contribution in [0.1, 0.15) is 30.9 Å². The number of rotatable bonds is 5. The van der Waals surface area contributed by atoms with Gasteiger partial charge in [0, 0.05) is 12.6 Å². The van der Waals surface area contributed by atoms with Crippen LogP contribution < -0.4 is 0 Å². The van der Waals surface area contributed by atoms with E-state index in [9.17, 15) is 9.59 Å². The Labute approximate surface area is 141 Å². The highest BCUT2D eigenvalue weighted by Crippen LogP contribution is 2.19. The summed E-state index contributed by atoms with van der Waals surface area (Å²) in [6.45, 7) is 4.56. The van der Waals surface area contributed by atoms with Crippen LogP contribution in [0.2, 0.25) is 0 Å². The lowest BCUT2D eigenvalue weighted by Crippen LogP contribution is -2.57. The Morgan fingerprint density at radius 2 is 1.96 bits per heavy atom. The maximum absolute atomic E-state index is 12.6. The monoisotopic (exact) mass is 327 g/mol. The zero-order chi connectivity index (χ0) is 17.1. The van der Waals surface area contributed by atoms with Gasteiger partial charge in [0.15, 0.2) is 5.76 Å². The smallest absolute Gasteiger partial charge is 0.245 e. The minimum atomic E-state index is -0.509. The molecule has 1 aliphatic heterocycles. The van der Waals surface area contributed by atoms with Crippen LogP contribution in [0.3, 0.4) is 0 Å². The molecule has 0 radical (unpaired) electrons. The van der Waals surface area contributed by atoms with Gasteiger partial charge < -0.3 is 14.3 Å². The first kappa shape index (κ1) is 16.2. The number of amides is 2. The Balaban J connectivity index is 1.69. The summed E-state index contributed by atoms with van der Waals surface area (Å²) in [5, 5.41) is 3.93. The van der Waals surface area contributed by atoms with Crippen molar-refractivity contribution in [2.24, 2.45) is 0 Å². The molecule has 1 saturated heterocycles. The van der Waals surface area contributed by atoms with Crippen molar-refractivity contribution in [3.8, 4) is 0 Å². The number of benzene rings is 1.